The Morgan fingerprint density at radius 1 is 1.14 bits per heavy atom. The van der Waals surface area contributed by atoms with Crippen LogP contribution in [-0.2, 0) is 27.4 Å². The number of imide groups is 1. The van der Waals surface area contributed by atoms with Gasteiger partial charge in [0, 0.05) is 44.2 Å². The number of hydrogen-bond acceptors (Lipinski definition) is 6. The van der Waals surface area contributed by atoms with Gasteiger partial charge in [0.05, 0.1) is 19.3 Å². The molecule has 3 amide bonds. The first kappa shape index (κ1) is 17.8. The SMILES string of the molecule is O=C1CCC(N2Cc3ccc(CN(C4CNC4)C4COC4)cc3C2=O)C(=O)N1. The van der Waals surface area contributed by atoms with Gasteiger partial charge in [0.15, 0.2) is 0 Å². The lowest BCUT2D eigenvalue weighted by atomic mass is 10.0. The molecule has 3 fully saturated rings. The zero-order chi connectivity index (χ0) is 19.3. The molecule has 148 valence electrons. The smallest absolute Gasteiger partial charge is 0.255 e. The number of rotatable bonds is 5. The highest BCUT2D eigenvalue weighted by atomic mass is 16.5. The Kier molecular flexibility index (Phi) is 4.41. The molecule has 0 bridgehead atoms. The number of ether oxygens (including phenoxy) is 1. The molecule has 1 aromatic carbocycles. The van der Waals surface area contributed by atoms with Crippen LogP contribution in [0.25, 0.3) is 0 Å². The number of amides is 3. The number of nitrogens with zero attached hydrogens (tertiary/aromatic N) is 2. The van der Waals surface area contributed by atoms with Gasteiger partial charge in [-0.05, 0) is 23.6 Å². The van der Waals surface area contributed by atoms with Gasteiger partial charge in [0.2, 0.25) is 11.8 Å². The van der Waals surface area contributed by atoms with Crippen LogP contribution in [0, 0.1) is 0 Å². The van der Waals surface area contributed by atoms with E-state index in [1.165, 1.54) is 0 Å². The normalized spacial score (nSPS) is 25.5. The van der Waals surface area contributed by atoms with Crippen LogP contribution in [-0.4, -0.2) is 72.0 Å². The number of hydrogen-bond donors (Lipinski definition) is 2. The van der Waals surface area contributed by atoms with Gasteiger partial charge in [-0.2, -0.15) is 0 Å². The van der Waals surface area contributed by atoms with Crippen LogP contribution in [0.15, 0.2) is 18.2 Å². The standard InChI is InChI=1S/C20H24N4O4/c25-18-4-3-17(19(26)22-18)24-9-13-2-1-12(5-16(13)20(24)27)8-23(14-6-21-7-14)15-10-28-11-15/h1-2,5,14-15,17,21H,3-4,6-11H2,(H,22,25,26). The molecule has 0 aliphatic carbocycles. The highest BCUT2D eigenvalue weighted by molar-refractivity contribution is 6.05. The number of benzene rings is 1. The average molecular weight is 384 g/mol. The molecule has 0 spiro atoms. The minimum absolute atomic E-state index is 0.116. The Morgan fingerprint density at radius 2 is 1.96 bits per heavy atom. The Morgan fingerprint density at radius 3 is 2.61 bits per heavy atom. The van der Waals surface area contributed by atoms with Crippen LogP contribution in [0.2, 0.25) is 0 Å². The molecule has 0 aromatic heterocycles. The Labute approximate surface area is 163 Å². The van der Waals surface area contributed by atoms with Gasteiger partial charge in [-0.15, -0.1) is 0 Å². The highest BCUT2D eigenvalue weighted by Gasteiger charge is 2.39. The quantitative estimate of drug-likeness (QED) is 0.673. The number of carbonyl (C=O) groups is 3. The van der Waals surface area contributed by atoms with E-state index in [9.17, 15) is 14.4 Å². The molecule has 1 atom stereocenters. The summed E-state index contributed by atoms with van der Waals surface area (Å²) < 4.78 is 5.38. The minimum atomic E-state index is -0.564. The van der Waals surface area contributed by atoms with Gasteiger partial charge in [0.1, 0.15) is 6.04 Å². The average Bonchev–Trinajstić information content (AvgIpc) is 2.88. The molecule has 0 saturated carbocycles. The lowest BCUT2D eigenvalue weighted by Crippen LogP contribution is -2.63. The van der Waals surface area contributed by atoms with E-state index >= 15 is 0 Å². The van der Waals surface area contributed by atoms with Gasteiger partial charge in [-0.1, -0.05) is 12.1 Å². The van der Waals surface area contributed by atoms with Crippen molar-refractivity contribution in [1.82, 2.24) is 20.4 Å². The van der Waals surface area contributed by atoms with Crippen LogP contribution in [0.5, 0.6) is 0 Å². The second kappa shape index (κ2) is 6.95. The second-order valence-electron chi connectivity index (χ2n) is 8.07. The summed E-state index contributed by atoms with van der Waals surface area (Å²) in [6, 6.07) is 6.45. The topological polar surface area (TPSA) is 91.0 Å². The molecule has 5 rings (SSSR count). The summed E-state index contributed by atoms with van der Waals surface area (Å²) in [5, 5.41) is 5.67. The Hall–Kier alpha value is -2.29. The van der Waals surface area contributed by atoms with E-state index in [0.29, 0.717) is 30.6 Å². The first-order valence-corrected chi connectivity index (χ1v) is 9.91. The fourth-order valence-corrected chi connectivity index (χ4v) is 4.39. The summed E-state index contributed by atoms with van der Waals surface area (Å²) in [6.45, 7) is 4.73. The van der Waals surface area contributed by atoms with Crippen LogP contribution >= 0.6 is 0 Å². The molecule has 8 nitrogen and oxygen atoms in total. The van der Waals surface area contributed by atoms with E-state index in [2.05, 4.69) is 21.6 Å². The number of carbonyl (C=O) groups excluding carboxylic acids is 3. The zero-order valence-corrected chi connectivity index (χ0v) is 15.6. The maximum Gasteiger partial charge on any atom is 0.255 e. The largest absolute Gasteiger partial charge is 0.378 e. The lowest BCUT2D eigenvalue weighted by molar-refractivity contribution is -0.136. The van der Waals surface area contributed by atoms with Crippen molar-refractivity contribution in [3.8, 4) is 0 Å². The predicted octanol–water partition coefficient (Wildman–Crippen LogP) is -0.380. The molecule has 4 heterocycles. The van der Waals surface area contributed by atoms with Gasteiger partial charge in [0.25, 0.3) is 5.91 Å². The van der Waals surface area contributed by atoms with Gasteiger partial charge in [-0.25, -0.2) is 0 Å². The van der Waals surface area contributed by atoms with E-state index < -0.39 is 6.04 Å². The van der Waals surface area contributed by atoms with Gasteiger partial charge >= 0.3 is 0 Å². The van der Waals surface area contributed by atoms with Crippen molar-refractivity contribution in [3.63, 3.8) is 0 Å². The summed E-state index contributed by atoms with van der Waals surface area (Å²) in [6.07, 6.45) is 0.664. The fourth-order valence-electron chi connectivity index (χ4n) is 4.39. The first-order chi connectivity index (χ1) is 13.6. The monoisotopic (exact) mass is 384 g/mol. The van der Waals surface area contributed by atoms with E-state index in [-0.39, 0.29) is 24.1 Å². The van der Waals surface area contributed by atoms with Crippen molar-refractivity contribution in [2.75, 3.05) is 26.3 Å². The van der Waals surface area contributed by atoms with E-state index in [4.69, 9.17) is 4.74 Å². The van der Waals surface area contributed by atoms with E-state index in [0.717, 1.165) is 44.0 Å². The van der Waals surface area contributed by atoms with Gasteiger partial charge in [-0.3, -0.25) is 24.6 Å². The molecule has 3 saturated heterocycles. The maximum atomic E-state index is 13.0. The Bertz CT molecular complexity index is 819. The number of piperidine rings is 1. The van der Waals surface area contributed by atoms with Crippen LogP contribution in [0.1, 0.15) is 34.3 Å². The van der Waals surface area contributed by atoms with Crippen molar-refractivity contribution in [3.05, 3.63) is 34.9 Å². The lowest BCUT2D eigenvalue weighted by Gasteiger charge is -2.46. The molecule has 4 aliphatic heterocycles. The molecule has 8 heteroatoms. The zero-order valence-electron chi connectivity index (χ0n) is 15.6. The third kappa shape index (κ3) is 3.01. The van der Waals surface area contributed by atoms with Crippen LogP contribution in [0.3, 0.4) is 0 Å². The third-order valence-electron chi connectivity index (χ3n) is 6.28. The summed E-state index contributed by atoms with van der Waals surface area (Å²) in [4.78, 5) is 40.6. The van der Waals surface area contributed by atoms with Crippen molar-refractivity contribution < 1.29 is 19.1 Å². The van der Waals surface area contributed by atoms with Crippen LogP contribution < -0.4 is 10.6 Å². The van der Waals surface area contributed by atoms with Crippen LogP contribution in [0.4, 0.5) is 0 Å². The molecule has 0 radical (unpaired) electrons. The molecular weight excluding hydrogens is 360 g/mol. The predicted molar refractivity (Wildman–Crippen MR) is 99.3 cm³/mol. The minimum Gasteiger partial charge on any atom is -0.378 e. The molecular formula is C20H24N4O4. The molecule has 28 heavy (non-hydrogen) atoms. The molecule has 4 aliphatic rings. The third-order valence-corrected chi connectivity index (χ3v) is 6.28. The van der Waals surface area contributed by atoms with Crippen molar-refractivity contribution in [2.45, 2.75) is 44.1 Å². The summed E-state index contributed by atoms with van der Waals surface area (Å²) >= 11 is 0. The van der Waals surface area contributed by atoms with Crippen molar-refractivity contribution >= 4 is 17.7 Å². The maximum absolute atomic E-state index is 13.0. The Balaban J connectivity index is 1.33. The summed E-state index contributed by atoms with van der Waals surface area (Å²) in [5.74, 6) is -0.750. The number of nitrogens with one attached hydrogen (secondary N) is 2. The fraction of sp³-hybridized carbons (Fsp3) is 0.550. The van der Waals surface area contributed by atoms with Gasteiger partial charge < -0.3 is 15.0 Å². The van der Waals surface area contributed by atoms with E-state index in [1.807, 2.05) is 12.1 Å². The van der Waals surface area contributed by atoms with E-state index in [1.54, 1.807) is 4.90 Å². The molecule has 2 N–H and O–H groups in total. The first-order valence-electron chi connectivity index (χ1n) is 9.91. The van der Waals surface area contributed by atoms with Crippen molar-refractivity contribution in [1.29, 1.82) is 0 Å². The highest BCUT2D eigenvalue weighted by Crippen LogP contribution is 2.29. The molecule has 1 aromatic rings. The molecule has 1 unspecified atom stereocenters. The summed E-state index contributed by atoms with van der Waals surface area (Å²) in [5.41, 5.74) is 2.73. The summed E-state index contributed by atoms with van der Waals surface area (Å²) in [7, 11) is 0. The second-order valence-corrected chi connectivity index (χ2v) is 8.07. The van der Waals surface area contributed by atoms with Crippen molar-refractivity contribution in [2.24, 2.45) is 0 Å². The number of fused-ring (bicyclic) bond motifs is 1.